The zero-order chi connectivity index (χ0) is 23.7. The predicted molar refractivity (Wildman–Crippen MR) is 146 cm³/mol. The summed E-state index contributed by atoms with van der Waals surface area (Å²) < 4.78 is 11.6. The van der Waals surface area contributed by atoms with E-state index in [0.717, 1.165) is 44.2 Å². The minimum atomic E-state index is 0. The van der Waals surface area contributed by atoms with Crippen molar-refractivity contribution in [3.63, 3.8) is 0 Å². The van der Waals surface area contributed by atoms with Crippen molar-refractivity contribution in [1.82, 2.24) is 10.6 Å². The molecule has 0 aromatic carbocycles. The van der Waals surface area contributed by atoms with E-state index in [0.29, 0.717) is 13.2 Å². The van der Waals surface area contributed by atoms with Crippen LogP contribution in [-0.2, 0) is 17.9 Å². The average molecular weight is 483 g/mol. The molecule has 0 saturated heterocycles. The van der Waals surface area contributed by atoms with E-state index in [1.54, 1.807) is 0 Å². The fourth-order valence-electron chi connectivity index (χ4n) is 4.11. The van der Waals surface area contributed by atoms with E-state index in [-0.39, 0.29) is 14.0 Å². The molecule has 0 aliphatic rings. The number of rotatable bonds is 26. The lowest BCUT2D eigenvalue weighted by Gasteiger charge is -2.05. The maximum atomic E-state index is 8.71. The second-order valence-corrected chi connectivity index (χ2v) is 9.37. The van der Waals surface area contributed by atoms with Crippen molar-refractivity contribution in [1.29, 1.82) is 0 Å². The van der Waals surface area contributed by atoms with E-state index < -0.39 is 0 Å². The standard InChI is InChI=1S/C28H54N2O3.CH4/c1-2-3-4-5-6-7-8-9-10-11-12-13-14-15-16-17-24-32-26-28-19-18-27(33-28)25-30-21-20-29-22-23-31;/h18-19,29-31H,2-17,20-26H2,1H3;1H4. The van der Waals surface area contributed by atoms with E-state index in [2.05, 4.69) is 17.6 Å². The van der Waals surface area contributed by atoms with Gasteiger partial charge in [-0.05, 0) is 18.6 Å². The second kappa shape index (κ2) is 26.7. The summed E-state index contributed by atoms with van der Waals surface area (Å²) in [6.45, 7) is 6.92. The Hall–Kier alpha value is -0.880. The number of hydrogen-bond donors (Lipinski definition) is 3. The fraction of sp³-hybridized carbons (Fsp3) is 0.862. The molecule has 0 fully saturated rings. The molecule has 0 atom stereocenters. The first-order chi connectivity index (χ1) is 16.4. The predicted octanol–water partition coefficient (Wildman–Crippen LogP) is 7.37. The summed E-state index contributed by atoms with van der Waals surface area (Å²) in [5, 5.41) is 15.2. The number of nitrogens with one attached hydrogen (secondary N) is 2. The van der Waals surface area contributed by atoms with E-state index >= 15 is 0 Å². The molecule has 0 aliphatic heterocycles. The Balaban J connectivity index is 0.0000109. The lowest BCUT2D eigenvalue weighted by molar-refractivity contribution is 0.101. The smallest absolute Gasteiger partial charge is 0.129 e. The lowest BCUT2D eigenvalue weighted by Crippen LogP contribution is -2.28. The molecule has 0 aliphatic carbocycles. The SMILES string of the molecule is C.CCCCCCCCCCCCCCCCCCOCc1ccc(CNCCNCCO)o1. The monoisotopic (exact) mass is 482 g/mol. The summed E-state index contributed by atoms with van der Waals surface area (Å²) in [6, 6.07) is 4.02. The Bertz CT molecular complexity index is 507. The van der Waals surface area contributed by atoms with Crippen LogP contribution in [0.2, 0.25) is 0 Å². The molecule has 0 bridgehead atoms. The van der Waals surface area contributed by atoms with Gasteiger partial charge in [-0.15, -0.1) is 0 Å². The lowest BCUT2D eigenvalue weighted by atomic mass is 10.0. The molecule has 3 N–H and O–H groups in total. The third kappa shape index (κ3) is 21.6. The Kier molecular flexibility index (Phi) is 26.0. The highest BCUT2D eigenvalue weighted by Gasteiger charge is 2.02. The zero-order valence-electron chi connectivity index (χ0n) is 21.7. The summed E-state index contributed by atoms with van der Waals surface area (Å²) in [5.74, 6) is 1.85. The summed E-state index contributed by atoms with van der Waals surface area (Å²) in [5.41, 5.74) is 0. The van der Waals surface area contributed by atoms with E-state index in [1.165, 1.54) is 96.3 Å². The van der Waals surface area contributed by atoms with E-state index in [4.69, 9.17) is 14.3 Å². The quantitative estimate of drug-likeness (QED) is 0.120. The highest BCUT2D eigenvalue weighted by Crippen LogP contribution is 2.14. The van der Waals surface area contributed by atoms with Crippen LogP contribution in [0, 0.1) is 0 Å². The van der Waals surface area contributed by atoms with Crippen LogP contribution in [-0.4, -0.2) is 38.0 Å². The summed E-state index contributed by atoms with van der Waals surface area (Å²) >= 11 is 0. The molecule has 5 heteroatoms. The van der Waals surface area contributed by atoms with Crippen LogP contribution < -0.4 is 10.6 Å². The first-order valence-electron chi connectivity index (χ1n) is 14.0. The van der Waals surface area contributed by atoms with E-state index in [1.807, 2.05) is 12.1 Å². The highest BCUT2D eigenvalue weighted by atomic mass is 16.5. The molecule has 34 heavy (non-hydrogen) atoms. The minimum absolute atomic E-state index is 0. The third-order valence-electron chi connectivity index (χ3n) is 6.17. The van der Waals surface area contributed by atoms with Gasteiger partial charge in [0.25, 0.3) is 0 Å². The van der Waals surface area contributed by atoms with Gasteiger partial charge in [-0.1, -0.05) is 111 Å². The molecular weight excluding hydrogens is 424 g/mol. The highest BCUT2D eigenvalue weighted by molar-refractivity contribution is 5.06. The van der Waals surface area contributed by atoms with Crippen LogP contribution in [0.4, 0.5) is 0 Å². The molecule has 202 valence electrons. The average Bonchev–Trinajstić information content (AvgIpc) is 3.28. The van der Waals surface area contributed by atoms with Crippen molar-refractivity contribution in [3.05, 3.63) is 23.7 Å². The Morgan fingerprint density at radius 1 is 0.676 bits per heavy atom. The zero-order valence-corrected chi connectivity index (χ0v) is 21.7. The van der Waals surface area contributed by atoms with Crippen molar-refractivity contribution in [2.75, 3.05) is 32.8 Å². The number of furan rings is 1. The molecule has 1 aromatic rings. The van der Waals surface area contributed by atoms with Crippen molar-refractivity contribution in [2.45, 2.75) is 130 Å². The van der Waals surface area contributed by atoms with Gasteiger partial charge in [0.05, 0.1) is 13.2 Å². The number of aliphatic hydroxyl groups is 1. The maximum Gasteiger partial charge on any atom is 0.129 e. The van der Waals surface area contributed by atoms with Crippen molar-refractivity contribution >= 4 is 0 Å². The van der Waals surface area contributed by atoms with Gasteiger partial charge in [-0.3, -0.25) is 0 Å². The molecule has 0 spiro atoms. The van der Waals surface area contributed by atoms with Crippen molar-refractivity contribution in [2.24, 2.45) is 0 Å². The van der Waals surface area contributed by atoms with Gasteiger partial charge >= 0.3 is 0 Å². The summed E-state index contributed by atoms with van der Waals surface area (Å²) in [7, 11) is 0. The Labute approximate surface area is 211 Å². The Morgan fingerprint density at radius 3 is 1.74 bits per heavy atom. The molecular formula is C29H58N2O3. The van der Waals surface area contributed by atoms with E-state index in [9.17, 15) is 0 Å². The number of unbranched alkanes of at least 4 members (excludes halogenated alkanes) is 15. The summed E-state index contributed by atoms with van der Waals surface area (Å²) in [4.78, 5) is 0. The Morgan fingerprint density at radius 2 is 1.18 bits per heavy atom. The van der Waals surface area contributed by atoms with Gasteiger partial charge < -0.3 is 24.9 Å². The minimum Gasteiger partial charge on any atom is -0.462 e. The van der Waals surface area contributed by atoms with Gasteiger partial charge in [0.2, 0.25) is 0 Å². The largest absolute Gasteiger partial charge is 0.462 e. The van der Waals surface area contributed by atoms with Crippen LogP contribution in [0.5, 0.6) is 0 Å². The number of aliphatic hydroxyl groups excluding tert-OH is 1. The first-order valence-corrected chi connectivity index (χ1v) is 14.0. The molecule has 1 aromatic heterocycles. The van der Waals surface area contributed by atoms with Gasteiger partial charge in [-0.2, -0.15) is 0 Å². The fourth-order valence-corrected chi connectivity index (χ4v) is 4.11. The normalized spacial score (nSPS) is 11.1. The van der Waals surface area contributed by atoms with Gasteiger partial charge in [0.1, 0.15) is 18.1 Å². The maximum absolute atomic E-state index is 8.71. The first kappa shape index (κ1) is 33.1. The number of hydrogen-bond acceptors (Lipinski definition) is 5. The molecule has 5 nitrogen and oxygen atoms in total. The van der Waals surface area contributed by atoms with Gasteiger partial charge in [-0.25, -0.2) is 0 Å². The molecule has 0 unspecified atom stereocenters. The van der Waals surface area contributed by atoms with Crippen LogP contribution in [0.3, 0.4) is 0 Å². The number of ether oxygens (including phenoxy) is 1. The van der Waals surface area contributed by atoms with Gasteiger partial charge in [0.15, 0.2) is 0 Å². The second-order valence-electron chi connectivity index (χ2n) is 9.37. The third-order valence-corrected chi connectivity index (χ3v) is 6.17. The molecule has 1 heterocycles. The van der Waals surface area contributed by atoms with Crippen LogP contribution in [0.1, 0.15) is 129 Å². The molecule has 0 saturated carbocycles. The van der Waals surface area contributed by atoms with Crippen molar-refractivity contribution < 1.29 is 14.3 Å². The van der Waals surface area contributed by atoms with Crippen molar-refractivity contribution in [3.8, 4) is 0 Å². The summed E-state index contributed by atoms with van der Waals surface area (Å²) in [6.07, 6.45) is 22.3. The van der Waals surface area contributed by atoms with Crippen LogP contribution in [0.25, 0.3) is 0 Å². The molecule has 0 radical (unpaired) electrons. The van der Waals surface area contributed by atoms with Crippen LogP contribution >= 0.6 is 0 Å². The molecule has 0 amide bonds. The molecule has 1 rings (SSSR count). The topological polar surface area (TPSA) is 66.7 Å². The van der Waals surface area contributed by atoms with Crippen LogP contribution in [0.15, 0.2) is 16.5 Å². The van der Waals surface area contributed by atoms with Gasteiger partial charge in [0, 0.05) is 26.2 Å².